The normalized spacial score (nSPS) is 13.5. The molecule has 1 aliphatic carbocycles. The monoisotopic (exact) mass is 369 g/mol. The van der Waals surface area contributed by atoms with Crippen LogP contribution in [0, 0.1) is 5.82 Å². The maximum atomic E-state index is 13.3. The molecule has 4 rings (SSSR count). The standard InChI is InChI=1S/C20H20FN3OS/c1-23(13-16-5-4-12-26-16)20(25)19-17-6-2-3-7-18(17)24(22-19)15-10-8-14(21)9-11-15/h4-5,8-12H,2-3,6-7,13H2,1H3. The lowest BCUT2D eigenvalue weighted by atomic mass is 9.95. The van der Waals surface area contributed by atoms with E-state index >= 15 is 0 Å². The van der Waals surface area contributed by atoms with Crippen molar-refractivity contribution >= 4 is 17.2 Å². The summed E-state index contributed by atoms with van der Waals surface area (Å²) in [6.45, 7) is 0.578. The highest BCUT2D eigenvalue weighted by atomic mass is 32.1. The number of nitrogens with zero attached hydrogens (tertiary/aromatic N) is 3. The first kappa shape index (κ1) is 17.0. The number of hydrogen-bond donors (Lipinski definition) is 0. The Bertz CT molecular complexity index is 915. The first-order valence-corrected chi connectivity index (χ1v) is 9.66. The molecular weight excluding hydrogens is 349 g/mol. The predicted molar refractivity (Wildman–Crippen MR) is 100 cm³/mol. The Balaban J connectivity index is 1.69. The van der Waals surface area contributed by atoms with E-state index in [1.54, 1.807) is 28.4 Å². The fourth-order valence-corrected chi connectivity index (χ4v) is 4.21. The van der Waals surface area contributed by atoms with Crippen molar-refractivity contribution in [2.24, 2.45) is 0 Å². The lowest BCUT2D eigenvalue weighted by Crippen LogP contribution is -2.27. The van der Waals surface area contributed by atoms with E-state index in [9.17, 15) is 9.18 Å². The quantitative estimate of drug-likeness (QED) is 0.690. The van der Waals surface area contributed by atoms with Crippen molar-refractivity contribution in [3.63, 3.8) is 0 Å². The average molecular weight is 369 g/mol. The van der Waals surface area contributed by atoms with Crippen molar-refractivity contribution in [2.75, 3.05) is 7.05 Å². The molecule has 3 aromatic rings. The molecule has 0 spiro atoms. The van der Waals surface area contributed by atoms with Gasteiger partial charge >= 0.3 is 0 Å². The summed E-state index contributed by atoms with van der Waals surface area (Å²) in [5.41, 5.74) is 3.45. The Morgan fingerprint density at radius 3 is 2.73 bits per heavy atom. The van der Waals surface area contributed by atoms with Crippen LogP contribution in [0.3, 0.4) is 0 Å². The van der Waals surface area contributed by atoms with Crippen molar-refractivity contribution in [1.82, 2.24) is 14.7 Å². The molecule has 0 radical (unpaired) electrons. The van der Waals surface area contributed by atoms with Crippen LogP contribution in [-0.4, -0.2) is 27.6 Å². The van der Waals surface area contributed by atoms with E-state index in [0.29, 0.717) is 12.2 Å². The first-order valence-electron chi connectivity index (χ1n) is 8.78. The number of thiophene rings is 1. The van der Waals surface area contributed by atoms with Gasteiger partial charge in [-0.2, -0.15) is 5.10 Å². The zero-order valence-electron chi connectivity index (χ0n) is 14.6. The molecule has 0 saturated carbocycles. The number of fused-ring (bicyclic) bond motifs is 1. The molecule has 0 aliphatic heterocycles. The molecule has 0 saturated heterocycles. The SMILES string of the molecule is CN(Cc1cccs1)C(=O)c1nn(-c2ccc(F)cc2)c2c1CCCC2. The largest absolute Gasteiger partial charge is 0.335 e. The van der Waals surface area contributed by atoms with Gasteiger partial charge in [-0.25, -0.2) is 9.07 Å². The van der Waals surface area contributed by atoms with Gasteiger partial charge in [0.05, 0.1) is 12.2 Å². The Kier molecular flexibility index (Phi) is 4.59. The molecule has 134 valence electrons. The van der Waals surface area contributed by atoms with E-state index in [-0.39, 0.29) is 11.7 Å². The maximum Gasteiger partial charge on any atom is 0.274 e. The number of rotatable bonds is 4. The highest BCUT2D eigenvalue weighted by Gasteiger charge is 2.27. The van der Waals surface area contributed by atoms with Gasteiger partial charge in [0, 0.05) is 23.2 Å². The third-order valence-corrected chi connectivity index (χ3v) is 5.63. The fourth-order valence-electron chi connectivity index (χ4n) is 3.46. The van der Waals surface area contributed by atoms with Gasteiger partial charge in [0.1, 0.15) is 5.82 Å². The zero-order valence-corrected chi connectivity index (χ0v) is 15.4. The predicted octanol–water partition coefficient (Wildman–Crippen LogP) is 4.22. The first-order chi connectivity index (χ1) is 12.6. The third kappa shape index (κ3) is 3.17. The molecule has 6 heteroatoms. The van der Waals surface area contributed by atoms with E-state index in [0.717, 1.165) is 47.5 Å². The zero-order chi connectivity index (χ0) is 18.1. The van der Waals surface area contributed by atoms with Crippen molar-refractivity contribution in [2.45, 2.75) is 32.2 Å². The molecule has 0 bridgehead atoms. The molecule has 0 N–H and O–H groups in total. The van der Waals surface area contributed by atoms with Crippen LogP contribution in [0.25, 0.3) is 5.69 Å². The average Bonchev–Trinajstić information content (AvgIpc) is 3.29. The number of hydrogen-bond acceptors (Lipinski definition) is 3. The maximum absolute atomic E-state index is 13.3. The minimum absolute atomic E-state index is 0.0580. The summed E-state index contributed by atoms with van der Waals surface area (Å²) in [5.74, 6) is -0.334. The number of carbonyl (C=O) groups excluding carboxylic acids is 1. The Morgan fingerprint density at radius 1 is 1.23 bits per heavy atom. The van der Waals surface area contributed by atoms with Crippen LogP contribution >= 0.6 is 11.3 Å². The van der Waals surface area contributed by atoms with Crippen molar-refractivity contribution in [3.8, 4) is 5.69 Å². The van der Waals surface area contributed by atoms with Crippen LogP contribution in [0.1, 0.15) is 39.5 Å². The highest BCUT2D eigenvalue weighted by Crippen LogP contribution is 2.28. The lowest BCUT2D eigenvalue weighted by molar-refractivity contribution is 0.0779. The van der Waals surface area contributed by atoms with Crippen molar-refractivity contribution < 1.29 is 9.18 Å². The Hall–Kier alpha value is -2.47. The van der Waals surface area contributed by atoms with Gasteiger partial charge in [-0.3, -0.25) is 4.79 Å². The van der Waals surface area contributed by atoms with E-state index in [1.165, 1.54) is 12.1 Å². The fraction of sp³-hybridized carbons (Fsp3) is 0.300. The summed E-state index contributed by atoms with van der Waals surface area (Å²) in [6.07, 6.45) is 3.90. The molecule has 4 nitrogen and oxygen atoms in total. The number of carbonyl (C=O) groups is 1. The van der Waals surface area contributed by atoms with E-state index < -0.39 is 0 Å². The van der Waals surface area contributed by atoms with Crippen LogP contribution in [0.15, 0.2) is 41.8 Å². The van der Waals surface area contributed by atoms with Crippen molar-refractivity contribution in [3.05, 3.63) is 69.4 Å². The summed E-state index contributed by atoms with van der Waals surface area (Å²) in [7, 11) is 1.81. The molecule has 2 heterocycles. The number of aromatic nitrogens is 2. The van der Waals surface area contributed by atoms with Crippen LogP contribution in [0.5, 0.6) is 0 Å². The van der Waals surface area contributed by atoms with Gasteiger partial charge in [-0.15, -0.1) is 11.3 Å². The van der Waals surface area contributed by atoms with Gasteiger partial charge in [0.15, 0.2) is 5.69 Å². The third-order valence-electron chi connectivity index (χ3n) is 4.77. The van der Waals surface area contributed by atoms with E-state index in [4.69, 9.17) is 0 Å². The van der Waals surface area contributed by atoms with Crippen LogP contribution in [-0.2, 0) is 19.4 Å². The van der Waals surface area contributed by atoms with Crippen molar-refractivity contribution in [1.29, 1.82) is 0 Å². The minimum atomic E-state index is -0.276. The summed E-state index contributed by atoms with van der Waals surface area (Å²) < 4.78 is 15.1. The summed E-state index contributed by atoms with van der Waals surface area (Å²) in [4.78, 5) is 15.9. The molecule has 1 aromatic carbocycles. The number of benzene rings is 1. The van der Waals surface area contributed by atoms with Gasteiger partial charge < -0.3 is 4.90 Å². The molecule has 0 atom stereocenters. The number of halogens is 1. The van der Waals surface area contributed by atoms with Crippen LogP contribution in [0.4, 0.5) is 4.39 Å². The molecule has 26 heavy (non-hydrogen) atoms. The molecule has 2 aromatic heterocycles. The van der Waals surface area contributed by atoms with Gasteiger partial charge in [0.25, 0.3) is 5.91 Å². The van der Waals surface area contributed by atoms with E-state index in [1.807, 2.05) is 29.2 Å². The molecule has 1 aliphatic rings. The van der Waals surface area contributed by atoms with Crippen LogP contribution < -0.4 is 0 Å². The van der Waals surface area contributed by atoms with Gasteiger partial charge in [0.2, 0.25) is 0 Å². The highest BCUT2D eigenvalue weighted by molar-refractivity contribution is 7.09. The summed E-state index contributed by atoms with van der Waals surface area (Å²) in [5, 5.41) is 6.66. The number of amides is 1. The van der Waals surface area contributed by atoms with E-state index in [2.05, 4.69) is 5.10 Å². The second-order valence-corrected chi connectivity index (χ2v) is 7.64. The molecule has 0 unspecified atom stereocenters. The van der Waals surface area contributed by atoms with Crippen LogP contribution in [0.2, 0.25) is 0 Å². The summed E-state index contributed by atoms with van der Waals surface area (Å²) >= 11 is 1.64. The Labute approximate surface area is 155 Å². The minimum Gasteiger partial charge on any atom is -0.335 e. The molecular formula is C20H20FN3OS. The smallest absolute Gasteiger partial charge is 0.274 e. The molecule has 0 fully saturated rings. The topological polar surface area (TPSA) is 38.1 Å². The molecule has 1 amide bonds. The summed E-state index contributed by atoms with van der Waals surface area (Å²) in [6, 6.07) is 10.3. The second kappa shape index (κ2) is 7.03. The van der Waals surface area contributed by atoms with Gasteiger partial charge in [-0.1, -0.05) is 6.07 Å². The van der Waals surface area contributed by atoms with Gasteiger partial charge in [-0.05, 0) is 61.4 Å². The Morgan fingerprint density at radius 2 is 2.00 bits per heavy atom. The lowest BCUT2D eigenvalue weighted by Gasteiger charge is -2.17. The second-order valence-electron chi connectivity index (χ2n) is 6.61.